The van der Waals surface area contributed by atoms with Gasteiger partial charge in [0, 0.05) is 12.1 Å². The third-order valence-electron chi connectivity index (χ3n) is 2.18. The van der Waals surface area contributed by atoms with Crippen LogP contribution in [-0.2, 0) is 10.3 Å². The van der Waals surface area contributed by atoms with E-state index in [2.05, 4.69) is 19.2 Å². The van der Waals surface area contributed by atoms with E-state index in [9.17, 15) is 22.0 Å². The van der Waals surface area contributed by atoms with Gasteiger partial charge in [-0.15, -0.1) is 0 Å². The molecule has 0 bridgehead atoms. The number of rotatable bonds is 4. The Morgan fingerprint density at radius 1 is 1.32 bits per heavy atom. The molecule has 1 aromatic carbocycles. The second-order valence-electron chi connectivity index (χ2n) is 3.99. The van der Waals surface area contributed by atoms with Crippen molar-refractivity contribution >= 4 is 22.2 Å². The number of aromatic nitrogens is 1. The lowest BCUT2D eigenvalue weighted by Gasteiger charge is -2.08. The zero-order valence-electron chi connectivity index (χ0n) is 11.0. The minimum atomic E-state index is -4.67. The minimum Gasteiger partial charge on any atom is -0.364 e. The number of halogens is 2. The van der Waals surface area contributed by atoms with E-state index < -0.39 is 33.7 Å². The largest absolute Gasteiger partial charge is 0.411 e. The van der Waals surface area contributed by atoms with Crippen LogP contribution in [0, 0.1) is 18.6 Å². The molecular weight excluding hydrogens is 324 g/mol. The van der Waals surface area contributed by atoms with Crippen molar-refractivity contribution in [1.29, 1.82) is 0 Å². The van der Waals surface area contributed by atoms with Gasteiger partial charge in [0.15, 0.2) is 17.4 Å². The van der Waals surface area contributed by atoms with Crippen LogP contribution in [0.2, 0.25) is 0 Å². The number of nitrogens with zero attached hydrogens (tertiary/aromatic N) is 1. The average Bonchev–Trinajstić information content (AvgIpc) is 2.77. The van der Waals surface area contributed by atoms with Gasteiger partial charge in [-0.3, -0.25) is 5.32 Å². The first-order valence-corrected chi connectivity index (χ1v) is 7.07. The number of hydrogen-bond donors (Lipinski definition) is 2. The Morgan fingerprint density at radius 3 is 2.64 bits per heavy atom. The zero-order valence-corrected chi connectivity index (χ0v) is 11.8. The smallest absolute Gasteiger partial charge is 0.364 e. The second-order valence-corrected chi connectivity index (χ2v) is 5.27. The Morgan fingerprint density at radius 2 is 2.05 bits per heavy atom. The summed E-state index contributed by atoms with van der Waals surface area (Å²) in [5.41, 5.74) is 0. The molecule has 1 heterocycles. The third kappa shape index (κ3) is 4.15. The van der Waals surface area contributed by atoms with E-state index >= 15 is 0 Å². The Kier molecular flexibility index (Phi) is 4.26. The first-order valence-electron chi connectivity index (χ1n) is 5.67. The molecule has 0 aliphatic rings. The highest BCUT2D eigenvalue weighted by atomic mass is 32.2. The maximum absolute atomic E-state index is 13.3. The van der Waals surface area contributed by atoms with E-state index in [1.54, 1.807) is 6.92 Å². The molecule has 11 heteroatoms. The molecule has 0 radical (unpaired) electrons. The van der Waals surface area contributed by atoms with Crippen LogP contribution in [0.1, 0.15) is 5.76 Å². The molecule has 0 saturated heterocycles. The number of aryl methyl sites for hydroxylation is 1. The fraction of sp³-hybridized carbons (Fsp3) is 0.0909. The standard InChI is InChI=1S/C11H9F2N3O5S/c1-6-4-10(15-20-6)14-11(17)16-22(18,19)21-9-3-2-7(12)5-8(9)13/h2-5H,1H3,(H2,14,15,16,17). The van der Waals surface area contributed by atoms with Crippen molar-refractivity contribution in [2.45, 2.75) is 6.92 Å². The lowest BCUT2D eigenvalue weighted by atomic mass is 10.3. The van der Waals surface area contributed by atoms with Crippen LogP contribution < -0.4 is 14.2 Å². The molecule has 1 aromatic heterocycles. The molecule has 0 atom stereocenters. The van der Waals surface area contributed by atoms with Crippen LogP contribution in [0.5, 0.6) is 5.75 Å². The number of urea groups is 1. The second kappa shape index (κ2) is 5.97. The normalized spacial score (nSPS) is 11.0. The van der Waals surface area contributed by atoms with Gasteiger partial charge in [0.25, 0.3) is 0 Å². The first kappa shape index (κ1) is 15.7. The summed E-state index contributed by atoms with van der Waals surface area (Å²) >= 11 is 0. The molecule has 0 aliphatic heterocycles. The van der Waals surface area contributed by atoms with Crippen molar-refractivity contribution in [3.63, 3.8) is 0 Å². The van der Waals surface area contributed by atoms with Crippen LogP contribution in [0.4, 0.5) is 19.4 Å². The summed E-state index contributed by atoms with van der Waals surface area (Å²) in [6.07, 6.45) is 0. The van der Waals surface area contributed by atoms with E-state index in [1.165, 1.54) is 10.8 Å². The van der Waals surface area contributed by atoms with Crippen LogP contribution in [0.25, 0.3) is 0 Å². The third-order valence-corrected chi connectivity index (χ3v) is 3.02. The highest BCUT2D eigenvalue weighted by Crippen LogP contribution is 2.19. The molecule has 22 heavy (non-hydrogen) atoms. The number of carbonyl (C=O) groups excluding carboxylic acids is 1. The number of carbonyl (C=O) groups is 1. The van der Waals surface area contributed by atoms with Crippen LogP contribution in [0.15, 0.2) is 28.8 Å². The van der Waals surface area contributed by atoms with Gasteiger partial charge in [-0.2, -0.15) is 8.42 Å². The Balaban J connectivity index is 2.02. The predicted molar refractivity (Wildman–Crippen MR) is 69.3 cm³/mol. The van der Waals surface area contributed by atoms with Crippen LogP contribution in [-0.4, -0.2) is 19.6 Å². The van der Waals surface area contributed by atoms with Gasteiger partial charge in [0.05, 0.1) is 0 Å². The molecule has 118 valence electrons. The summed E-state index contributed by atoms with van der Waals surface area (Å²) in [6.45, 7) is 1.56. The molecule has 0 unspecified atom stereocenters. The molecule has 0 saturated carbocycles. The number of nitrogens with one attached hydrogen (secondary N) is 2. The lowest BCUT2D eigenvalue weighted by molar-refractivity contribution is 0.255. The van der Waals surface area contributed by atoms with Crippen molar-refractivity contribution in [3.8, 4) is 5.75 Å². The van der Waals surface area contributed by atoms with Crippen LogP contribution in [0.3, 0.4) is 0 Å². The summed E-state index contributed by atoms with van der Waals surface area (Å²) < 4.78 is 59.5. The topological polar surface area (TPSA) is 111 Å². The van der Waals surface area contributed by atoms with E-state index in [0.717, 1.165) is 12.1 Å². The minimum absolute atomic E-state index is 0.0295. The van der Waals surface area contributed by atoms with E-state index in [4.69, 9.17) is 0 Å². The molecule has 0 aliphatic carbocycles. The van der Waals surface area contributed by atoms with E-state index in [-0.39, 0.29) is 5.82 Å². The predicted octanol–water partition coefficient (Wildman–Crippen LogP) is 1.71. The van der Waals surface area contributed by atoms with Gasteiger partial charge in [-0.25, -0.2) is 18.3 Å². The molecule has 2 aromatic rings. The van der Waals surface area contributed by atoms with Gasteiger partial charge in [-0.1, -0.05) is 5.16 Å². The van der Waals surface area contributed by atoms with E-state index in [0.29, 0.717) is 11.8 Å². The molecule has 2 N–H and O–H groups in total. The van der Waals surface area contributed by atoms with Crippen molar-refractivity contribution in [1.82, 2.24) is 9.88 Å². The van der Waals surface area contributed by atoms with E-state index in [1.807, 2.05) is 0 Å². The highest BCUT2D eigenvalue weighted by Gasteiger charge is 2.20. The van der Waals surface area contributed by atoms with Crippen molar-refractivity contribution in [2.75, 3.05) is 5.32 Å². The zero-order chi connectivity index (χ0) is 16.3. The fourth-order valence-corrected chi connectivity index (χ4v) is 2.05. The van der Waals surface area contributed by atoms with Crippen molar-refractivity contribution in [2.24, 2.45) is 0 Å². The quantitative estimate of drug-likeness (QED) is 0.881. The molecule has 8 nitrogen and oxygen atoms in total. The van der Waals surface area contributed by atoms with Crippen molar-refractivity contribution < 1.29 is 30.7 Å². The Labute approximate surface area is 123 Å². The maximum Gasteiger partial charge on any atom is 0.411 e. The Bertz CT molecular complexity index is 806. The van der Waals surface area contributed by atoms with Gasteiger partial charge in [0.2, 0.25) is 0 Å². The average molecular weight is 333 g/mol. The summed E-state index contributed by atoms with van der Waals surface area (Å²) in [5, 5.41) is 5.47. The summed E-state index contributed by atoms with van der Waals surface area (Å²) in [6, 6.07) is 2.14. The number of anilines is 1. The number of benzene rings is 1. The van der Waals surface area contributed by atoms with Gasteiger partial charge in [-0.05, 0) is 19.1 Å². The molecule has 0 fully saturated rings. The van der Waals surface area contributed by atoms with Gasteiger partial charge in [0.1, 0.15) is 11.6 Å². The molecule has 2 amide bonds. The lowest BCUT2D eigenvalue weighted by Crippen LogP contribution is -2.37. The summed E-state index contributed by atoms with van der Waals surface area (Å²) in [5.74, 6) is -2.55. The SMILES string of the molecule is Cc1cc(NC(=O)NS(=O)(=O)Oc2ccc(F)cc2F)no1. The number of hydrogen-bond acceptors (Lipinski definition) is 6. The summed E-state index contributed by atoms with van der Waals surface area (Å²) in [4.78, 5) is 11.4. The number of amides is 2. The first-order chi connectivity index (χ1) is 10.2. The Hall–Kier alpha value is -2.69. The highest BCUT2D eigenvalue weighted by molar-refractivity contribution is 7.85. The fourth-order valence-electron chi connectivity index (χ4n) is 1.36. The molecule has 2 rings (SSSR count). The molecule has 0 spiro atoms. The van der Waals surface area contributed by atoms with Crippen LogP contribution >= 0.6 is 0 Å². The summed E-state index contributed by atoms with van der Waals surface area (Å²) in [7, 11) is -4.67. The van der Waals surface area contributed by atoms with Crippen molar-refractivity contribution in [3.05, 3.63) is 41.7 Å². The van der Waals surface area contributed by atoms with Gasteiger partial charge >= 0.3 is 16.3 Å². The maximum atomic E-state index is 13.3. The van der Waals surface area contributed by atoms with Gasteiger partial charge < -0.3 is 8.71 Å². The molecular formula is C11H9F2N3O5S. The monoisotopic (exact) mass is 333 g/mol.